The van der Waals surface area contributed by atoms with Crippen LogP contribution >= 0.6 is 0 Å². The van der Waals surface area contributed by atoms with E-state index in [1.807, 2.05) is 0 Å². The molecule has 3 atom stereocenters. The van der Waals surface area contributed by atoms with Crippen LogP contribution in [0.25, 0.3) is 0 Å². The summed E-state index contributed by atoms with van der Waals surface area (Å²) < 4.78 is 5.37. The highest BCUT2D eigenvalue weighted by atomic mass is 16.5. The predicted molar refractivity (Wildman–Crippen MR) is 67.3 cm³/mol. The summed E-state index contributed by atoms with van der Waals surface area (Å²) in [6.07, 6.45) is 4.45. The maximum atomic E-state index is 11.4. The number of rotatable bonds is 8. The fourth-order valence-electron chi connectivity index (χ4n) is 3.30. The average Bonchev–Trinajstić information content (AvgIpc) is 2.93. The fourth-order valence-corrected chi connectivity index (χ4v) is 3.30. The number of carbonyl (C=O) groups is 1. The van der Waals surface area contributed by atoms with E-state index in [2.05, 4.69) is 6.92 Å². The van der Waals surface area contributed by atoms with Crippen LogP contribution in [0.5, 0.6) is 0 Å². The number of carboxylic acids is 1. The Morgan fingerprint density at radius 1 is 1.44 bits per heavy atom. The molecule has 0 saturated heterocycles. The summed E-state index contributed by atoms with van der Waals surface area (Å²) >= 11 is 0. The Labute approximate surface area is 108 Å². The lowest BCUT2D eigenvalue weighted by molar-refractivity contribution is -0.152. The van der Waals surface area contributed by atoms with Gasteiger partial charge in [-0.2, -0.15) is 0 Å². The van der Waals surface area contributed by atoms with Gasteiger partial charge >= 0.3 is 5.97 Å². The van der Waals surface area contributed by atoms with E-state index < -0.39 is 17.5 Å². The van der Waals surface area contributed by atoms with Crippen molar-refractivity contribution in [3.8, 4) is 0 Å². The highest BCUT2D eigenvalue weighted by Gasteiger charge is 2.57. The number of unbranched alkanes of at least 4 members (excludes halogenated alkanes) is 1. The van der Waals surface area contributed by atoms with E-state index in [0.717, 1.165) is 25.7 Å². The zero-order valence-corrected chi connectivity index (χ0v) is 11.1. The molecule has 0 bridgehead atoms. The molecule has 2 saturated carbocycles. The van der Waals surface area contributed by atoms with Gasteiger partial charge in [-0.25, -0.2) is 0 Å². The molecule has 0 amide bonds. The van der Waals surface area contributed by atoms with Gasteiger partial charge < -0.3 is 14.9 Å². The summed E-state index contributed by atoms with van der Waals surface area (Å²) in [5, 5.41) is 19.3. The molecule has 2 aliphatic rings. The number of carboxylic acid groups (broad SMARTS) is 1. The summed E-state index contributed by atoms with van der Waals surface area (Å²) in [4.78, 5) is 11.4. The van der Waals surface area contributed by atoms with Crippen LogP contribution in [0.2, 0.25) is 0 Å². The van der Waals surface area contributed by atoms with Gasteiger partial charge in [-0.1, -0.05) is 13.3 Å². The van der Waals surface area contributed by atoms with Gasteiger partial charge in [0.05, 0.1) is 18.1 Å². The van der Waals surface area contributed by atoms with Crippen LogP contribution in [0, 0.1) is 17.3 Å². The molecule has 4 heteroatoms. The summed E-state index contributed by atoms with van der Waals surface area (Å²) in [6.45, 7) is 3.01. The van der Waals surface area contributed by atoms with E-state index >= 15 is 0 Å². The van der Waals surface area contributed by atoms with Crippen LogP contribution < -0.4 is 0 Å². The third-order valence-corrected chi connectivity index (χ3v) is 4.41. The van der Waals surface area contributed by atoms with Gasteiger partial charge in [0.1, 0.15) is 0 Å². The van der Waals surface area contributed by atoms with Crippen molar-refractivity contribution < 1.29 is 19.7 Å². The van der Waals surface area contributed by atoms with Crippen LogP contribution in [-0.2, 0) is 9.53 Å². The number of aliphatic hydroxyl groups excluding tert-OH is 1. The van der Waals surface area contributed by atoms with Crippen molar-refractivity contribution in [2.75, 3.05) is 13.2 Å². The smallest absolute Gasteiger partial charge is 0.309 e. The first-order valence-electron chi connectivity index (χ1n) is 7.06. The maximum Gasteiger partial charge on any atom is 0.309 e. The minimum Gasteiger partial charge on any atom is -0.481 e. The molecule has 2 N–H and O–H groups in total. The lowest BCUT2D eigenvalue weighted by atomic mass is 9.78. The fraction of sp³-hybridized carbons (Fsp3) is 0.929. The topological polar surface area (TPSA) is 66.8 Å². The number of aliphatic hydroxyl groups is 1. The van der Waals surface area contributed by atoms with E-state index in [0.29, 0.717) is 24.9 Å². The molecule has 0 radical (unpaired) electrons. The van der Waals surface area contributed by atoms with Crippen molar-refractivity contribution in [2.24, 2.45) is 17.3 Å². The largest absolute Gasteiger partial charge is 0.481 e. The van der Waals surface area contributed by atoms with Crippen LogP contribution in [0.3, 0.4) is 0 Å². The molecule has 0 spiro atoms. The van der Waals surface area contributed by atoms with Crippen LogP contribution in [-0.4, -0.2) is 35.5 Å². The molecular formula is C14H24O4. The monoisotopic (exact) mass is 256 g/mol. The van der Waals surface area contributed by atoms with E-state index in [1.165, 1.54) is 6.42 Å². The van der Waals surface area contributed by atoms with Gasteiger partial charge in [0.2, 0.25) is 0 Å². The van der Waals surface area contributed by atoms with Gasteiger partial charge in [0.25, 0.3) is 0 Å². The van der Waals surface area contributed by atoms with Crippen molar-refractivity contribution >= 4 is 5.97 Å². The van der Waals surface area contributed by atoms with Crippen LogP contribution in [0.1, 0.15) is 45.4 Å². The lowest BCUT2D eigenvalue weighted by Gasteiger charge is -2.28. The number of aliphatic carboxylic acids is 1. The standard InChI is InChI=1S/C14H24O4/c1-2-3-4-18-9-12(15)8-14(13(16)17)6-10-5-11(10)7-14/h10-12,15H,2-9H2,1H3,(H,16,17). The Balaban J connectivity index is 1.77. The maximum absolute atomic E-state index is 11.4. The van der Waals surface area contributed by atoms with Gasteiger partial charge in [0.15, 0.2) is 0 Å². The third kappa shape index (κ3) is 3.04. The van der Waals surface area contributed by atoms with E-state index in [1.54, 1.807) is 0 Å². The molecule has 2 aliphatic carbocycles. The second kappa shape index (κ2) is 5.57. The highest BCUT2D eigenvalue weighted by Crippen LogP contribution is 2.61. The molecule has 0 aromatic heterocycles. The summed E-state index contributed by atoms with van der Waals surface area (Å²) in [5.41, 5.74) is -0.679. The SMILES string of the molecule is CCCCOCC(O)CC1(C(=O)O)CC2CC2C1. The average molecular weight is 256 g/mol. The van der Waals surface area contributed by atoms with Gasteiger partial charge in [-0.15, -0.1) is 0 Å². The van der Waals surface area contributed by atoms with Crippen molar-refractivity contribution in [3.05, 3.63) is 0 Å². The number of ether oxygens (including phenoxy) is 1. The number of hydrogen-bond acceptors (Lipinski definition) is 3. The highest BCUT2D eigenvalue weighted by molar-refractivity contribution is 5.75. The summed E-state index contributed by atoms with van der Waals surface area (Å²) in [5.74, 6) is 0.478. The normalized spacial score (nSPS) is 35.2. The van der Waals surface area contributed by atoms with Crippen LogP contribution in [0.4, 0.5) is 0 Å². The molecule has 0 aliphatic heterocycles. The summed E-state index contributed by atoms with van der Waals surface area (Å²) in [7, 11) is 0. The zero-order valence-electron chi connectivity index (χ0n) is 11.1. The van der Waals surface area contributed by atoms with Gasteiger partial charge in [0, 0.05) is 6.61 Å². The molecule has 2 rings (SSSR count). The van der Waals surface area contributed by atoms with Crippen molar-refractivity contribution in [2.45, 2.75) is 51.6 Å². The van der Waals surface area contributed by atoms with Crippen molar-refractivity contribution in [1.29, 1.82) is 0 Å². The molecule has 2 fully saturated rings. The predicted octanol–water partition coefficient (Wildman–Crippen LogP) is 2.06. The minimum absolute atomic E-state index is 0.268. The molecule has 0 aromatic carbocycles. The molecule has 104 valence electrons. The Hall–Kier alpha value is -0.610. The Kier molecular flexibility index (Phi) is 4.28. The Bertz CT molecular complexity index is 292. The summed E-state index contributed by atoms with van der Waals surface area (Å²) in [6, 6.07) is 0. The zero-order chi connectivity index (χ0) is 13.2. The second-order valence-corrected chi connectivity index (χ2v) is 6.04. The first-order valence-corrected chi connectivity index (χ1v) is 7.06. The molecule has 0 aromatic rings. The first kappa shape index (κ1) is 13.8. The number of hydrogen-bond donors (Lipinski definition) is 2. The number of fused-ring (bicyclic) bond motifs is 1. The van der Waals surface area contributed by atoms with Crippen molar-refractivity contribution in [3.63, 3.8) is 0 Å². The first-order chi connectivity index (χ1) is 8.57. The second-order valence-electron chi connectivity index (χ2n) is 6.04. The lowest BCUT2D eigenvalue weighted by Crippen LogP contribution is -2.35. The Morgan fingerprint density at radius 2 is 2.11 bits per heavy atom. The molecule has 18 heavy (non-hydrogen) atoms. The van der Waals surface area contributed by atoms with Gasteiger partial charge in [-0.3, -0.25) is 4.79 Å². The van der Waals surface area contributed by atoms with E-state index in [-0.39, 0.29) is 6.61 Å². The molecular weight excluding hydrogens is 232 g/mol. The minimum atomic E-state index is -0.734. The Morgan fingerprint density at radius 3 is 2.67 bits per heavy atom. The van der Waals surface area contributed by atoms with Crippen LogP contribution in [0.15, 0.2) is 0 Å². The van der Waals surface area contributed by atoms with Gasteiger partial charge in [-0.05, 0) is 43.9 Å². The van der Waals surface area contributed by atoms with Crippen molar-refractivity contribution in [1.82, 2.24) is 0 Å². The third-order valence-electron chi connectivity index (χ3n) is 4.41. The molecule has 0 heterocycles. The van der Waals surface area contributed by atoms with E-state index in [4.69, 9.17) is 4.74 Å². The molecule has 3 unspecified atom stereocenters. The van der Waals surface area contributed by atoms with E-state index in [9.17, 15) is 15.0 Å². The molecule has 4 nitrogen and oxygen atoms in total. The quantitative estimate of drug-likeness (QED) is 0.652.